The van der Waals surface area contributed by atoms with E-state index >= 15 is 0 Å². The number of aromatic amines is 1. The van der Waals surface area contributed by atoms with Gasteiger partial charge in [-0.05, 0) is 25.0 Å². The Kier molecular flexibility index (Phi) is 5.38. The number of aromatic nitrogens is 4. The molecule has 1 aliphatic heterocycles. The van der Waals surface area contributed by atoms with Crippen molar-refractivity contribution in [1.82, 2.24) is 19.5 Å². The van der Waals surface area contributed by atoms with Crippen molar-refractivity contribution in [3.63, 3.8) is 0 Å². The molecule has 10 heteroatoms. The van der Waals surface area contributed by atoms with Crippen LogP contribution in [-0.4, -0.2) is 55.0 Å². The fourth-order valence-electron chi connectivity index (χ4n) is 3.60. The maximum atomic E-state index is 12.4. The summed E-state index contributed by atoms with van der Waals surface area (Å²) in [6, 6.07) is 8.57. The highest BCUT2D eigenvalue weighted by Crippen LogP contribution is 2.37. The molecule has 1 aromatic carbocycles. The van der Waals surface area contributed by atoms with Crippen molar-refractivity contribution in [3.8, 4) is 0 Å². The molecule has 0 saturated carbocycles. The topological polar surface area (TPSA) is 142 Å². The van der Waals surface area contributed by atoms with Crippen LogP contribution in [0.4, 0.5) is 5.95 Å². The summed E-state index contributed by atoms with van der Waals surface area (Å²) in [6.45, 7) is -0.168. The Labute approximate surface area is 165 Å². The third-order valence-corrected chi connectivity index (χ3v) is 4.98. The number of H-pyrrole nitrogens is 1. The number of rotatable bonds is 6. The van der Waals surface area contributed by atoms with Crippen molar-refractivity contribution in [2.45, 2.75) is 25.2 Å². The van der Waals surface area contributed by atoms with Crippen LogP contribution >= 0.6 is 0 Å². The third-order valence-electron chi connectivity index (χ3n) is 4.98. The number of nitrogens with zero attached hydrogens (tertiary/aromatic N) is 3. The summed E-state index contributed by atoms with van der Waals surface area (Å²) in [5.41, 5.74) is 0.300. The summed E-state index contributed by atoms with van der Waals surface area (Å²) in [6.07, 6.45) is 1.60. The Morgan fingerprint density at radius 2 is 2.10 bits per heavy atom. The van der Waals surface area contributed by atoms with E-state index in [4.69, 9.17) is 4.74 Å². The highest BCUT2D eigenvalue weighted by Gasteiger charge is 2.36. The SMILES string of the molecule is O=C(Nc1nc2c(ncn2C2OC(CO)C[C@@H]2CCO)c(=O)[nH]1)c1ccccc1. The maximum absolute atomic E-state index is 12.4. The molecule has 152 valence electrons. The highest BCUT2D eigenvalue weighted by atomic mass is 16.5. The Hall–Kier alpha value is -3.08. The summed E-state index contributed by atoms with van der Waals surface area (Å²) in [4.78, 5) is 35.8. The fraction of sp³-hybridized carbons (Fsp3) is 0.368. The highest BCUT2D eigenvalue weighted by molar-refractivity contribution is 6.03. The van der Waals surface area contributed by atoms with Gasteiger partial charge in [0.2, 0.25) is 5.95 Å². The van der Waals surface area contributed by atoms with E-state index in [9.17, 15) is 19.8 Å². The number of carbonyl (C=O) groups is 1. The van der Waals surface area contributed by atoms with Crippen LogP contribution in [0.5, 0.6) is 0 Å². The minimum Gasteiger partial charge on any atom is -0.396 e. The normalized spacial score (nSPS) is 21.5. The molecule has 4 rings (SSSR count). The second kappa shape index (κ2) is 8.11. The van der Waals surface area contributed by atoms with Crippen LogP contribution in [0.15, 0.2) is 41.5 Å². The van der Waals surface area contributed by atoms with Gasteiger partial charge in [-0.3, -0.25) is 24.5 Å². The van der Waals surface area contributed by atoms with Crippen LogP contribution in [-0.2, 0) is 4.74 Å². The third kappa shape index (κ3) is 3.77. The lowest BCUT2D eigenvalue weighted by atomic mass is 10.00. The average Bonchev–Trinajstić information content (AvgIpc) is 3.33. The molecule has 1 amide bonds. The summed E-state index contributed by atoms with van der Waals surface area (Å²) in [5.74, 6) is -0.485. The number of aliphatic hydroxyl groups excluding tert-OH is 2. The number of aliphatic hydroxyl groups is 2. The van der Waals surface area contributed by atoms with Gasteiger partial charge in [-0.2, -0.15) is 4.98 Å². The number of nitrogens with one attached hydrogen (secondary N) is 2. The number of carbonyl (C=O) groups excluding carboxylic acids is 1. The Morgan fingerprint density at radius 3 is 2.83 bits per heavy atom. The van der Waals surface area contributed by atoms with Crippen LogP contribution in [0.2, 0.25) is 0 Å². The van der Waals surface area contributed by atoms with E-state index in [0.717, 1.165) is 0 Å². The summed E-state index contributed by atoms with van der Waals surface area (Å²) < 4.78 is 7.49. The molecule has 1 saturated heterocycles. The molecule has 0 radical (unpaired) electrons. The molecule has 3 heterocycles. The van der Waals surface area contributed by atoms with Gasteiger partial charge in [0.1, 0.15) is 6.23 Å². The standard InChI is InChI=1S/C19H21N5O5/c25-7-6-12-8-13(9-26)29-18(12)24-10-20-14-15(24)21-19(23-17(14)28)22-16(27)11-4-2-1-3-5-11/h1-5,10,12-13,18,25-26H,6-9H2,(H2,21,22,23,27,28)/t12-,13?,18?/m0/s1. The quantitative estimate of drug-likeness (QED) is 0.477. The predicted octanol–water partition coefficient (Wildman–Crippen LogP) is 0.650. The molecule has 29 heavy (non-hydrogen) atoms. The Morgan fingerprint density at radius 1 is 1.31 bits per heavy atom. The minimum absolute atomic E-state index is 0.00600. The van der Waals surface area contributed by atoms with Gasteiger partial charge in [0, 0.05) is 18.1 Å². The van der Waals surface area contributed by atoms with E-state index in [1.54, 1.807) is 34.9 Å². The molecule has 4 N–H and O–H groups in total. The molecule has 3 atom stereocenters. The minimum atomic E-state index is -0.531. The monoisotopic (exact) mass is 399 g/mol. The number of benzene rings is 1. The molecule has 0 aliphatic carbocycles. The molecular weight excluding hydrogens is 378 g/mol. The van der Waals surface area contributed by atoms with Crippen LogP contribution in [0.3, 0.4) is 0 Å². The van der Waals surface area contributed by atoms with Gasteiger partial charge >= 0.3 is 0 Å². The number of imidazole rings is 1. The van der Waals surface area contributed by atoms with Crippen molar-refractivity contribution in [3.05, 3.63) is 52.6 Å². The smallest absolute Gasteiger partial charge is 0.280 e. The number of fused-ring (bicyclic) bond motifs is 1. The van der Waals surface area contributed by atoms with Gasteiger partial charge in [0.25, 0.3) is 11.5 Å². The average molecular weight is 399 g/mol. The molecule has 10 nitrogen and oxygen atoms in total. The van der Waals surface area contributed by atoms with Gasteiger partial charge in [-0.15, -0.1) is 0 Å². The number of anilines is 1. The van der Waals surface area contributed by atoms with Crippen molar-refractivity contribution < 1.29 is 19.7 Å². The van der Waals surface area contributed by atoms with Crippen LogP contribution in [0.25, 0.3) is 11.2 Å². The number of hydrogen-bond acceptors (Lipinski definition) is 7. The number of hydrogen-bond donors (Lipinski definition) is 4. The van der Waals surface area contributed by atoms with E-state index in [0.29, 0.717) is 18.4 Å². The predicted molar refractivity (Wildman–Crippen MR) is 103 cm³/mol. The molecule has 0 bridgehead atoms. The van der Waals surface area contributed by atoms with Crippen molar-refractivity contribution >= 4 is 23.0 Å². The zero-order valence-corrected chi connectivity index (χ0v) is 15.5. The van der Waals surface area contributed by atoms with E-state index in [1.165, 1.54) is 6.33 Å². The summed E-state index contributed by atoms with van der Waals surface area (Å²) >= 11 is 0. The van der Waals surface area contributed by atoms with Gasteiger partial charge in [0.15, 0.2) is 11.2 Å². The van der Waals surface area contributed by atoms with Gasteiger partial charge in [-0.25, -0.2) is 4.98 Å². The zero-order chi connectivity index (χ0) is 20.4. The van der Waals surface area contributed by atoms with E-state index in [2.05, 4.69) is 20.3 Å². The molecule has 3 aromatic rings. The van der Waals surface area contributed by atoms with Crippen LogP contribution in [0, 0.1) is 5.92 Å². The van der Waals surface area contributed by atoms with E-state index in [-0.39, 0.29) is 42.3 Å². The maximum Gasteiger partial charge on any atom is 0.280 e. The van der Waals surface area contributed by atoms with Crippen molar-refractivity contribution in [2.75, 3.05) is 18.5 Å². The zero-order valence-electron chi connectivity index (χ0n) is 15.5. The summed E-state index contributed by atoms with van der Waals surface area (Å²) in [5, 5.41) is 21.4. The fourth-order valence-corrected chi connectivity index (χ4v) is 3.60. The van der Waals surface area contributed by atoms with E-state index in [1.807, 2.05) is 0 Å². The summed E-state index contributed by atoms with van der Waals surface area (Å²) in [7, 11) is 0. The first-order valence-electron chi connectivity index (χ1n) is 9.31. The lowest BCUT2D eigenvalue weighted by Crippen LogP contribution is -2.21. The lowest BCUT2D eigenvalue weighted by molar-refractivity contribution is -0.0331. The molecule has 0 spiro atoms. The number of ether oxygens (including phenoxy) is 1. The first kappa shape index (κ1) is 19.2. The van der Waals surface area contributed by atoms with E-state index < -0.39 is 17.7 Å². The molecule has 2 unspecified atom stereocenters. The second-order valence-electron chi connectivity index (χ2n) is 6.90. The van der Waals surface area contributed by atoms with Gasteiger partial charge < -0.3 is 14.9 Å². The van der Waals surface area contributed by atoms with Gasteiger partial charge in [0.05, 0.1) is 19.0 Å². The molecule has 1 fully saturated rings. The second-order valence-corrected chi connectivity index (χ2v) is 6.90. The largest absolute Gasteiger partial charge is 0.396 e. The first-order valence-corrected chi connectivity index (χ1v) is 9.31. The molecule has 1 aliphatic rings. The van der Waals surface area contributed by atoms with Crippen LogP contribution in [0.1, 0.15) is 29.4 Å². The lowest BCUT2D eigenvalue weighted by Gasteiger charge is -2.19. The number of amides is 1. The molecular formula is C19H21N5O5. The first-order chi connectivity index (χ1) is 14.1. The Balaban J connectivity index is 1.68. The van der Waals surface area contributed by atoms with Crippen molar-refractivity contribution in [2.24, 2.45) is 5.92 Å². The Bertz CT molecular complexity index is 1060. The van der Waals surface area contributed by atoms with Crippen molar-refractivity contribution in [1.29, 1.82) is 0 Å². The van der Waals surface area contributed by atoms with Crippen LogP contribution < -0.4 is 10.9 Å². The van der Waals surface area contributed by atoms with Gasteiger partial charge in [-0.1, -0.05) is 18.2 Å². The molecule has 2 aromatic heterocycles.